The van der Waals surface area contributed by atoms with Crippen molar-refractivity contribution >= 4 is 11.6 Å². The lowest BCUT2D eigenvalue weighted by Gasteiger charge is -2.17. The van der Waals surface area contributed by atoms with E-state index in [0.717, 1.165) is 11.3 Å². The molecular weight excluding hydrogens is 234 g/mol. The summed E-state index contributed by atoms with van der Waals surface area (Å²) in [5.41, 5.74) is 6.80. The summed E-state index contributed by atoms with van der Waals surface area (Å²) < 4.78 is 5.82. The van der Waals surface area contributed by atoms with Crippen LogP contribution in [0.25, 0.3) is 0 Å². The molecular formula is C14H14ClNO. The fourth-order valence-corrected chi connectivity index (χ4v) is 1.80. The highest BCUT2D eigenvalue weighted by atomic mass is 35.5. The van der Waals surface area contributed by atoms with Gasteiger partial charge in [0.1, 0.15) is 11.9 Å². The van der Waals surface area contributed by atoms with Crippen LogP contribution >= 0.6 is 11.6 Å². The van der Waals surface area contributed by atoms with Crippen molar-refractivity contribution in [2.75, 3.05) is 6.54 Å². The zero-order chi connectivity index (χ0) is 12.1. The highest BCUT2D eigenvalue weighted by molar-refractivity contribution is 6.30. The first-order chi connectivity index (χ1) is 8.29. The first-order valence-corrected chi connectivity index (χ1v) is 5.84. The number of rotatable bonds is 4. The van der Waals surface area contributed by atoms with E-state index in [0.29, 0.717) is 11.6 Å². The maximum atomic E-state index is 5.91. The molecule has 1 unspecified atom stereocenters. The molecule has 3 heteroatoms. The average Bonchev–Trinajstić information content (AvgIpc) is 2.37. The SMILES string of the molecule is NCC(Oc1cccc(Cl)c1)c1ccccc1. The fraction of sp³-hybridized carbons (Fsp3) is 0.143. The van der Waals surface area contributed by atoms with Crippen LogP contribution in [-0.4, -0.2) is 6.54 Å². The summed E-state index contributed by atoms with van der Waals surface area (Å²) in [6.45, 7) is 0.427. The minimum absolute atomic E-state index is 0.144. The van der Waals surface area contributed by atoms with Gasteiger partial charge in [0.15, 0.2) is 0 Å². The predicted octanol–water partition coefficient (Wildman–Crippen LogP) is 3.42. The average molecular weight is 248 g/mol. The van der Waals surface area contributed by atoms with Gasteiger partial charge in [0.25, 0.3) is 0 Å². The number of nitrogens with two attached hydrogens (primary N) is 1. The summed E-state index contributed by atoms with van der Waals surface area (Å²) in [5, 5.41) is 0.659. The molecule has 88 valence electrons. The maximum Gasteiger partial charge on any atom is 0.136 e. The quantitative estimate of drug-likeness (QED) is 0.899. The van der Waals surface area contributed by atoms with Crippen LogP contribution in [0, 0.1) is 0 Å². The minimum atomic E-state index is -0.144. The van der Waals surface area contributed by atoms with E-state index in [1.807, 2.05) is 48.5 Å². The van der Waals surface area contributed by atoms with Gasteiger partial charge in [0.2, 0.25) is 0 Å². The zero-order valence-corrected chi connectivity index (χ0v) is 10.1. The van der Waals surface area contributed by atoms with Crippen LogP contribution in [0.4, 0.5) is 0 Å². The lowest BCUT2D eigenvalue weighted by Crippen LogP contribution is -2.18. The fourth-order valence-electron chi connectivity index (χ4n) is 1.62. The van der Waals surface area contributed by atoms with Crippen molar-refractivity contribution in [2.45, 2.75) is 6.10 Å². The second-order valence-corrected chi connectivity index (χ2v) is 4.15. The molecule has 0 spiro atoms. The van der Waals surface area contributed by atoms with Crippen LogP contribution in [0.2, 0.25) is 5.02 Å². The van der Waals surface area contributed by atoms with E-state index in [1.165, 1.54) is 0 Å². The standard InChI is InChI=1S/C14H14ClNO/c15-12-7-4-8-13(9-12)17-14(10-16)11-5-2-1-3-6-11/h1-9,14H,10,16H2. The number of benzene rings is 2. The van der Waals surface area contributed by atoms with Crippen molar-refractivity contribution in [3.05, 3.63) is 65.2 Å². The number of ether oxygens (including phenoxy) is 1. The van der Waals surface area contributed by atoms with Crippen molar-refractivity contribution < 1.29 is 4.74 Å². The third-order valence-corrected chi connectivity index (χ3v) is 2.69. The molecule has 0 saturated heterocycles. The van der Waals surface area contributed by atoms with Crippen LogP contribution in [-0.2, 0) is 0 Å². The summed E-state index contributed by atoms with van der Waals surface area (Å²) >= 11 is 5.91. The highest BCUT2D eigenvalue weighted by Crippen LogP contribution is 2.23. The van der Waals surface area contributed by atoms with E-state index < -0.39 is 0 Å². The Balaban J connectivity index is 2.16. The van der Waals surface area contributed by atoms with E-state index in [-0.39, 0.29) is 6.10 Å². The second-order valence-electron chi connectivity index (χ2n) is 3.71. The Bertz CT molecular complexity index is 473. The van der Waals surface area contributed by atoms with Crippen LogP contribution in [0.5, 0.6) is 5.75 Å². The van der Waals surface area contributed by atoms with Crippen LogP contribution in [0.3, 0.4) is 0 Å². The molecule has 0 fully saturated rings. The molecule has 0 saturated carbocycles. The minimum Gasteiger partial charge on any atom is -0.484 e. The van der Waals surface area contributed by atoms with E-state index >= 15 is 0 Å². The van der Waals surface area contributed by atoms with Crippen LogP contribution in [0.15, 0.2) is 54.6 Å². The Morgan fingerprint density at radius 1 is 1.06 bits per heavy atom. The zero-order valence-electron chi connectivity index (χ0n) is 9.34. The van der Waals surface area contributed by atoms with Gasteiger partial charge in [-0.3, -0.25) is 0 Å². The molecule has 0 aliphatic carbocycles. The molecule has 2 nitrogen and oxygen atoms in total. The van der Waals surface area contributed by atoms with Gasteiger partial charge >= 0.3 is 0 Å². The molecule has 0 aliphatic heterocycles. The van der Waals surface area contributed by atoms with Gasteiger partial charge in [-0.25, -0.2) is 0 Å². The molecule has 0 heterocycles. The number of hydrogen-bond acceptors (Lipinski definition) is 2. The van der Waals surface area contributed by atoms with Gasteiger partial charge in [-0.1, -0.05) is 48.0 Å². The Morgan fingerprint density at radius 2 is 1.82 bits per heavy atom. The molecule has 0 radical (unpaired) electrons. The lowest BCUT2D eigenvalue weighted by molar-refractivity contribution is 0.214. The molecule has 2 aromatic rings. The van der Waals surface area contributed by atoms with E-state index in [4.69, 9.17) is 22.1 Å². The van der Waals surface area contributed by atoms with Crippen LogP contribution in [0.1, 0.15) is 11.7 Å². The first kappa shape index (κ1) is 12.0. The Labute approximate surface area is 106 Å². The third kappa shape index (κ3) is 3.22. The number of hydrogen-bond donors (Lipinski definition) is 1. The molecule has 0 aliphatic rings. The molecule has 0 amide bonds. The Morgan fingerprint density at radius 3 is 2.47 bits per heavy atom. The first-order valence-electron chi connectivity index (χ1n) is 5.47. The topological polar surface area (TPSA) is 35.2 Å². The van der Waals surface area contributed by atoms with E-state index in [2.05, 4.69) is 0 Å². The van der Waals surface area contributed by atoms with Gasteiger partial charge < -0.3 is 10.5 Å². The Hall–Kier alpha value is -1.51. The van der Waals surface area contributed by atoms with Gasteiger partial charge in [-0.15, -0.1) is 0 Å². The molecule has 1 atom stereocenters. The monoisotopic (exact) mass is 247 g/mol. The summed E-state index contributed by atoms with van der Waals surface area (Å²) in [4.78, 5) is 0. The molecule has 2 N–H and O–H groups in total. The largest absolute Gasteiger partial charge is 0.484 e. The van der Waals surface area contributed by atoms with Gasteiger partial charge in [0, 0.05) is 11.6 Å². The summed E-state index contributed by atoms with van der Waals surface area (Å²) in [5.74, 6) is 0.733. The van der Waals surface area contributed by atoms with Crippen LogP contribution < -0.4 is 10.5 Å². The Kier molecular flexibility index (Phi) is 4.02. The van der Waals surface area contributed by atoms with E-state index in [1.54, 1.807) is 6.07 Å². The molecule has 17 heavy (non-hydrogen) atoms. The smallest absolute Gasteiger partial charge is 0.136 e. The van der Waals surface area contributed by atoms with Crippen molar-refractivity contribution in [2.24, 2.45) is 5.73 Å². The molecule has 0 aromatic heterocycles. The maximum absolute atomic E-state index is 5.91. The van der Waals surface area contributed by atoms with Gasteiger partial charge in [0.05, 0.1) is 0 Å². The van der Waals surface area contributed by atoms with Crippen molar-refractivity contribution in [1.82, 2.24) is 0 Å². The van der Waals surface area contributed by atoms with Crippen molar-refractivity contribution in [3.63, 3.8) is 0 Å². The van der Waals surface area contributed by atoms with Gasteiger partial charge in [-0.05, 0) is 23.8 Å². The molecule has 2 rings (SSSR count). The predicted molar refractivity (Wildman–Crippen MR) is 70.3 cm³/mol. The number of halogens is 1. The van der Waals surface area contributed by atoms with Crippen molar-refractivity contribution in [3.8, 4) is 5.75 Å². The summed E-state index contributed by atoms with van der Waals surface area (Å²) in [6, 6.07) is 17.2. The lowest BCUT2D eigenvalue weighted by atomic mass is 10.1. The summed E-state index contributed by atoms with van der Waals surface area (Å²) in [6.07, 6.45) is -0.144. The third-order valence-electron chi connectivity index (χ3n) is 2.46. The normalized spacial score (nSPS) is 12.1. The second kappa shape index (κ2) is 5.71. The highest BCUT2D eigenvalue weighted by Gasteiger charge is 2.10. The molecule has 2 aromatic carbocycles. The molecule has 0 bridgehead atoms. The van der Waals surface area contributed by atoms with Crippen molar-refractivity contribution in [1.29, 1.82) is 0 Å². The van der Waals surface area contributed by atoms with Gasteiger partial charge in [-0.2, -0.15) is 0 Å². The summed E-state index contributed by atoms with van der Waals surface area (Å²) in [7, 11) is 0. The van der Waals surface area contributed by atoms with E-state index in [9.17, 15) is 0 Å².